The highest BCUT2D eigenvalue weighted by Gasteiger charge is 2.19. The van der Waals surface area contributed by atoms with Gasteiger partial charge in [0.2, 0.25) is 5.91 Å². The first-order valence-corrected chi connectivity index (χ1v) is 10.4. The highest BCUT2D eigenvalue weighted by molar-refractivity contribution is 7.92. The van der Waals surface area contributed by atoms with Gasteiger partial charge >= 0.3 is 0 Å². The predicted octanol–water partition coefficient (Wildman–Crippen LogP) is 2.77. The minimum absolute atomic E-state index is 0.0305. The number of rotatable bonds is 6. The van der Waals surface area contributed by atoms with Gasteiger partial charge in [0, 0.05) is 0 Å². The van der Waals surface area contributed by atoms with Crippen molar-refractivity contribution in [2.24, 2.45) is 0 Å². The maximum Gasteiger partial charge on any atom is 0.271 e. The lowest BCUT2D eigenvalue weighted by Crippen LogP contribution is -2.42. The Morgan fingerprint density at radius 3 is 2.00 bits per heavy atom. The average molecular weight is 445 g/mol. The third-order valence-electron chi connectivity index (χ3n) is 4.13. The van der Waals surface area contributed by atoms with E-state index in [1.807, 2.05) is 0 Å². The summed E-state index contributed by atoms with van der Waals surface area (Å²) in [6.45, 7) is 0. The van der Waals surface area contributed by atoms with Gasteiger partial charge in [-0.2, -0.15) is 0 Å². The minimum Gasteiger partial charge on any atom is -0.279 e. The normalized spacial score (nSPS) is 10.9. The lowest BCUT2D eigenvalue weighted by Gasteiger charge is -2.13. The topological polar surface area (TPSA) is 104 Å². The molecule has 0 aliphatic carbocycles. The molecule has 3 rings (SSSR count). The lowest BCUT2D eigenvalue weighted by molar-refractivity contribution is -0.121. The fourth-order valence-corrected chi connectivity index (χ4v) is 3.69. The Balaban J connectivity index is 1.67. The second-order valence-electron chi connectivity index (χ2n) is 6.41. The van der Waals surface area contributed by atoms with Crippen LogP contribution in [-0.2, 0) is 21.2 Å². The number of benzene rings is 3. The maximum absolute atomic E-state index is 13.1. The van der Waals surface area contributed by atoms with Crippen LogP contribution in [0, 0.1) is 11.6 Å². The zero-order chi connectivity index (χ0) is 22.4. The van der Waals surface area contributed by atoms with Gasteiger partial charge in [0.15, 0.2) is 0 Å². The minimum atomic E-state index is -4.08. The van der Waals surface area contributed by atoms with Crippen LogP contribution >= 0.6 is 0 Å². The summed E-state index contributed by atoms with van der Waals surface area (Å²) in [5, 5.41) is 0. The van der Waals surface area contributed by atoms with Gasteiger partial charge in [-0.1, -0.05) is 24.3 Å². The van der Waals surface area contributed by atoms with E-state index in [0.29, 0.717) is 5.56 Å². The Morgan fingerprint density at radius 2 is 1.35 bits per heavy atom. The van der Waals surface area contributed by atoms with E-state index in [-0.39, 0.29) is 22.6 Å². The third kappa shape index (κ3) is 5.86. The van der Waals surface area contributed by atoms with E-state index < -0.39 is 33.5 Å². The number of carbonyl (C=O) groups excluding carboxylic acids is 2. The molecule has 3 N–H and O–H groups in total. The van der Waals surface area contributed by atoms with Crippen molar-refractivity contribution in [3.8, 4) is 0 Å². The standard InChI is InChI=1S/C21H17F2N3O4S/c22-15-7-5-14(6-8-15)13-20(27)24-25-21(28)18-3-1-2-4-19(18)26-31(29,30)17-11-9-16(23)10-12-17/h1-12,26H,13H2,(H,24,27)(H,25,28). The predicted molar refractivity (Wildman–Crippen MR) is 109 cm³/mol. The molecular weight excluding hydrogens is 428 g/mol. The smallest absolute Gasteiger partial charge is 0.271 e. The van der Waals surface area contributed by atoms with Gasteiger partial charge in [-0.05, 0) is 54.1 Å². The zero-order valence-electron chi connectivity index (χ0n) is 15.9. The highest BCUT2D eigenvalue weighted by atomic mass is 32.2. The molecule has 0 aromatic heterocycles. The summed E-state index contributed by atoms with van der Waals surface area (Å²) in [6.07, 6.45) is -0.0978. The maximum atomic E-state index is 13.1. The molecule has 0 bridgehead atoms. The average Bonchev–Trinajstić information content (AvgIpc) is 2.74. The van der Waals surface area contributed by atoms with Gasteiger partial charge in [0.1, 0.15) is 11.6 Å². The molecule has 7 nitrogen and oxygen atoms in total. The lowest BCUT2D eigenvalue weighted by atomic mass is 10.1. The quantitative estimate of drug-likeness (QED) is 0.508. The van der Waals surface area contributed by atoms with E-state index in [1.54, 1.807) is 0 Å². The van der Waals surface area contributed by atoms with E-state index in [1.165, 1.54) is 48.5 Å². The first-order valence-electron chi connectivity index (χ1n) is 8.95. The van der Waals surface area contributed by atoms with Crippen molar-refractivity contribution in [1.82, 2.24) is 10.9 Å². The van der Waals surface area contributed by atoms with Gasteiger partial charge in [0.25, 0.3) is 15.9 Å². The van der Waals surface area contributed by atoms with E-state index >= 15 is 0 Å². The van der Waals surface area contributed by atoms with Crippen molar-refractivity contribution in [2.45, 2.75) is 11.3 Å². The molecule has 2 amide bonds. The summed E-state index contributed by atoms with van der Waals surface area (Å²) < 4.78 is 53.3. The van der Waals surface area contributed by atoms with Gasteiger partial charge in [-0.3, -0.25) is 25.2 Å². The monoisotopic (exact) mass is 445 g/mol. The van der Waals surface area contributed by atoms with E-state index in [0.717, 1.165) is 24.3 Å². The fraction of sp³-hybridized carbons (Fsp3) is 0.0476. The fourth-order valence-electron chi connectivity index (χ4n) is 2.61. The molecule has 3 aromatic carbocycles. The number of sulfonamides is 1. The van der Waals surface area contributed by atoms with E-state index in [2.05, 4.69) is 15.6 Å². The number of para-hydroxylation sites is 1. The van der Waals surface area contributed by atoms with Crippen molar-refractivity contribution < 1.29 is 26.8 Å². The van der Waals surface area contributed by atoms with Crippen LogP contribution in [0.15, 0.2) is 77.7 Å². The number of carbonyl (C=O) groups is 2. The molecule has 0 unspecified atom stereocenters. The van der Waals surface area contributed by atoms with Crippen LogP contribution in [0.4, 0.5) is 14.5 Å². The van der Waals surface area contributed by atoms with E-state index in [9.17, 15) is 26.8 Å². The molecule has 0 saturated carbocycles. The van der Waals surface area contributed by atoms with Crippen LogP contribution in [0.25, 0.3) is 0 Å². The summed E-state index contributed by atoms with van der Waals surface area (Å²) in [5.74, 6) is -2.33. The number of anilines is 1. The number of amides is 2. The molecule has 31 heavy (non-hydrogen) atoms. The molecule has 0 spiro atoms. The summed E-state index contributed by atoms with van der Waals surface area (Å²) in [5.41, 5.74) is 4.89. The Hall–Kier alpha value is -3.79. The number of hydrogen-bond acceptors (Lipinski definition) is 4. The number of halogens is 2. The van der Waals surface area contributed by atoms with Crippen LogP contribution in [0.3, 0.4) is 0 Å². The molecule has 0 radical (unpaired) electrons. The molecule has 0 atom stereocenters. The molecule has 3 aromatic rings. The highest BCUT2D eigenvalue weighted by Crippen LogP contribution is 2.20. The van der Waals surface area contributed by atoms with Crippen LogP contribution in [0.5, 0.6) is 0 Å². The van der Waals surface area contributed by atoms with Crippen molar-refractivity contribution in [3.63, 3.8) is 0 Å². The van der Waals surface area contributed by atoms with Crippen LogP contribution < -0.4 is 15.6 Å². The Morgan fingerprint density at radius 1 is 0.774 bits per heavy atom. The number of hydrogen-bond donors (Lipinski definition) is 3. The van der Waals surface area contributed by atoms with Crippen molar-refractivity contribution in [1.29, 1.82) is 0 Å². The van der Waals surface area contributed by atoms with Crippen LogP contribution in [-0.4, -0.2) is 20.2 Å². The molecule has 0 aliphatic rings. The summed E-state index contributed by atoms with van der Waals surface area (Å²) in [4.78, 5) is 24.3. The van der Waals surface area contributed by atoms with Crippen LogP contribution in [0.2, 0.25) is 0 Å². The molecule has 160 valence electrons. The van der Waals surface area contributed by atoms with Crippen LogP contribution in [0.1, 0.15) is 15.9 Å². The van der Waals surface area contributed by atoms with Crippen molar-refractivity contribution in [2.75, 3.05) is 4.72 Å². The molecule has 0 fully saturated rings. The number of nitrogens with one attached hydrogen (secondary N) is 3. The van der Waals surface area contributed by atoms with Crippen molar-refractivity contribution in [3.05, 3.63) is 95.6 Å². The number of hydrazine groups is 1. The van der Waals surface area contributed by atoms with Crippen molar-refractivity contribution >= 4 is 27.5 Å². The third-order valence-corrected chi connectivity index (χ3v) is 5.51. The first-order chi connectivity index (χ1) is 14.7. The Labute approximate surface area is 177 Å². The second kappa shape index (κ2) is 9.35. The molecule has 0 heterocycles. The molecule has 0 aliphatic heterocycles. The molecule has 0 saturated heterocycles. The zero-order valence-corrected chi connectivity index (χ0v) is 16.7. The van der Waals surface area contributed by atoms with Gasteiger partial charge in [-0.25, -0.2) is 17.2 Å². The molecular formula is C21H17F2N3O4S. The van der Waals surface area contributed by atoms with Gasteiger partial charge < -0.3 is 0 Å². The summed E-state index contributed by atoms with van der Waals surface area (Å²) >= 11 is 0. The van der Waals surface area contributed by atoms with E-state index in [4.69, 9.17) is 0 Å². The molecule has 10 heteroatoms. The second-order valence-corrected chi connectivity index (χ2v) is 8.09. The Bertz CT molecular complexity index is 1200. The first kappa shape index (κ1) is 21.9. The SMILES string of the molecule is O=C(Cc1ccc(F)cc1)NNC(=O)c1ccccc1NS(=O)(=O)c1ccc(F)cc1. The summed E-state index contributed by atoms with van der Waals surface area (Å²) in [7, 11) is -4.08. The Kier molecular flexibility index (Phi) is 6.61. The van der Waals surface area contributed by atoms with Gasteiger partial charge in [-0.15, -0.1) is 0 Å². The largest absolute Gasteiger partial charge is 0.279 e. The summed E-state index contributed by atoms with van der Waals surface area (Å²) in [6, 6.07) is 15.3. The van der Waals surface area contributed by atoms with Gasteiger partial charge in [0.05, 0.1) is 22.6 Å².